The number of carbonyl (C=O) groups excluding carboxylic acids is 1. The molecule has 3 N–H and O–H groups in total. The van der Waals surface area contributed by atoms with Crippen LogP contribution in [0.15, 0.2) is 24.3 Å². The van der Waals surface area contributed by atoms with Crippen LogP contribution >= 0.6 is 0 Å². The molecule has 1 atom stereocenters. The molecule has 2 rings (SSSR count). The summed E-state index contributed by atoms with van der Waals surface area (Å²) >= 11 is 0. The van der Waals surface area contributed by atoms with Gasteiger partial charge in [-0.3, -0.25) is 0 Å². The highest BCUT2D eigenvalue weighted by Crippen LogP contribution is 2.31. The highest BCUT2D eigenvalue weighted by atomic mass is 16.2. The average molecular weight is 261 g/mol. The molecule has 4 heteroatoms. The summed E-state index contributed by atoms with van der Waals surface area (Å²) in [6, 6.07) is 8.09. The van der Waals surface area contributed by atoms with Gasteiger partial charge < -0.3 is 16.0 Å². The number of benzene rings is 1. The number of hydrogen-bond donors (Lipinski definition) is 3. The Balaban J connectivity index is 1.81. The van der Waals surface area contributed by atoms with E-state index in [0.717, 1.165) is 24.6 Å². The van der Waals surface area contributed by atoms with Gasteiger partial charge >= 0.3 is 6.03 Å². The minimum Gasteiger partial charge on any atom is -0.338 e. The van der Waals surface area contributed by atoms with Crippen LogP contribution in [0, 0.1) is 5.92 Å². The van der Waals surface area contributed by atoms with E-state index in [2.05, 4.69) is 28.9 Å². The predicted octanol–water partition coefficient (Wildman–Crippen LogP) is 2.89. The maximum atomic E-state index is 11.7. The molecule has 104 valence electrons. The maximum Gasteiger partial charge on any atom is 0.319 e. The molecular weight excluding hydrogens is 238 g/mol. The van der Waals surface area contributed by atoms with E-state index in [0.29, 0.717) is 0 Å². The van der Waals surface area contributed by atoms with Gasteiger partial charge in [-0.1, -0.05) is 25.0 Å². The topological polar surface area (TPSA) is 53.2 Å². The predicted molar refractivity (Wildman–Crippen MR) is 78.3 cm³/mol. The molecule has 1 aliphatic rings. The maximum absolute atomic E-state index is 11.7. The summed E-state index contributed by atoms with van der Waals surface area (Å²) in [5.74, 6) is 0.847. The van der Waals surface area contributed by atoms with Crippen molar-refractivity contribution < 1.29 is 4.79 Å². The lowest BCUT2D eigenvalue weighted by atomic mass is 10.1. The Morgan fingerprint density at radius 1 is 1.42 bits per heavy atom. The first kappa shape index (κ1) is 13.9. The molecule has 1 aromatic rings. The first-order valence-corrected chi connectivity index (χ1v) is 7.01. The van der Waals surface area contributed by atoms with Crippen molar-refractivity contribution in [1.29, 1.82) is 0 Å². The quantitative estimate of drug-likeness (QED) is 0.737. The third kappa shape index (κ3) is 4.56. The third-order valence-electron chi connectivity index (χ3n) is 3.61. The van der Waals surface area contributed by atoms with Gasteiger partial charge in [-0.05, 0) is 44.0 Å². The lowest BCUT2D eigenvalue weighted by molar-refractivity contribution is 0.252. The zero-order valence-corrected chi connectivity index (χ0v) is 11.7. The van der Waals surface area contributed by atoms with Gasteiger partial charge in [-0.15, -0.1) is 0 Å². The summed E-state index contributed by atoms with van der Waals surface area (Å²) < 4.78 is 0. The summed E-state index contributed by atoms with van der Waals surface area (Å²) in [5.41, 5.74) is 2.00. The first-order valence-electron chi connectivity index (χ1n) is 7.01. The second kappa shape index (κ2) is 6.57. The number of anilines is 1. The standard InChI is InChI=1S/C15H23N3O/c1-11(16-2)13-4-3-5-14(10-13)18-15(19)17-9-8-12-6-7-12/h3-5,10-12,16H,6-9H2,1-2H3,(H2,17,18,19). The molecule has 1 aliphatic carbocycles. The van der Waals surface area contributed by atoms with E-state index in [1.165, 1.54) is 18.4 Å². The van der Waals surface area contributed by atoms with E-state index in [-0.39, 0.29) is 12.1 Å². The van der Waals surface area contributed by atoms with Crippen LogP contribution in [0.4, 0.5) is 10.5 Å². The molecule has 0 spiro atoms. The fourth-order valence-electron chi connectivity index (χ4n) is 2.02. The van der Waals surface area contributed by atoms with E-state index in [1.54, 1.807) is 0 Å². The zero-order valence-electron chi connectivity index (χ0n) is 11.7. The average Bonchev–Trinajstić information content (AvgIpc) is 3.22. The zero-order chi connectivity index (χ0) is 13.7. The Morgan fingerprint density at radius 3 is 2.89 bits per heavy atom. The van der Waals surface area contributed by atoms with Crippen molar-refractivity contribution in [3.05, 3.63) is 29.8 Å². The number of urea groups is 1. The van der Waals surface area contributed by atoms with Gasteiger partial charge in [0, 0.05) is 18.3 Å². The van der Waals surface area contributed by atoms with Crippen LogP contribution in [0.2, 0.25) is 0 Å². The highest BCUT2D eigenvalue weighted by molar-refractivity contribution is 5.89. The Morgan fingerprint density at radius 2 is 2.21 bits per heavy atom. The Labute approximate surface area is 115 Å². The normalized spacial score (nSPS) is 15.9. The molecule has 0 bridgehead atoms. The SMILES string of the molecule is CNC(C)c1cccc(NC(=O)NCCC2CC2)c1. The van der Waals surface area contributed by atoms with Gasteiger partial charge in [0.15, 0.2) is 0 Å². The molecule has 1 fully saturated rings. The number of rotatable bonds is 6. The molecule has 0 aromatic heterocycles. The van der Waals surface area contributed by atoms with Gasteiger partial charge in [0.1, 0.15) is 0 Å². The van der Waals surface area contributed by atoms with E-state index in [1.807, 2.05) is 25.2 Å². The minimum absolute atomic E-state index is 0.116. The largest absolute Gasteiger partial charge is 0.338 e. The first-order chi connectivity index (χ1) is 9.19. The van der Waals surface area contributed by atoms with Crippen molar-refractivity contribution in [2.75, 3.05) is 18.9 Å². The molecule has 0 saturated heterocycles. The Kier molecular flexibility index (Phi) is 4.80. The number of hydrogen-bond acceptors (Lipinski definition) is 2. The number of amides is 2. The van der Waals surface area contributed by atoms with Crippen molar-refractivity contribution in [2.45, 2.75) is 32.2 Å². The van der Waals surface area contributed by atoms with E-state index < -0.39 is 0 Å². The molecule has 0 heterocycles. The molecule has 0 aliphatic heterocycles. The summed E-state index contributed by atoms with van der Waals surface area (Å²) in [4.78, 5) is 11.7. The smallest absolute Gasteiger partial charge is 0.319 e. The molecule has 1 saturated carbocycles. The fourth-order valence-corrected chi connectivity index (χ4v) is 2.02. The van der Waals surface area contributed by atoms with Gasteiger partial charge in [0.2, 0.25) is 0 Å². The second-order valence-corrected chi connectivity index (χ2v) is 5.25. The third-order valence-corrected chi connectivity index (χ3v) is 3.61. The number of carbonyl (C=O) groups is 1. The molecule has 4 nitrogen and oxygen atoms in total. The Bertz CT molecular complexity index is 429. The Hall–Kier alpha value is -1.55. The molecule has 1 unspecified atom stereocenters. The monoisotopic (exact) mass is 261 g/mol. The van der Waals surface area contributed by atoms with Gasteiger partial charge in [-0.25, -0.2) is 4.79 Å². The van der Waals surface area contributed by atoms with Crippen molar-refractivity contribution in [3.8, 4) is 0 Å². The van der Waals surface area contributed by atoms with Crippen molar-refractivity contribution in [2.24, 2.45) is 5.92 Å². The lowest BCUT2D eigenvalue weighted by Gasteiger charge is -2.13. The van der Waals surface area contributed by atoms with Gasteiger partial charge in [0.05, 0.1) is 0 Å². The van der Waals surface area contributed by atoms with Gasteiger partial charge in [0.25, 0.3) is 0 Å². The van der Waals surface area contributed by atoms with Crippen LogP contribution < -0.4 is 16.0 Å². The lowest BCUT2D eigenvalue weighted by Crippen LogP contribution is -2.29. The number of nitrogens with one attached hydrogen (secondary N) is 3. The van der Waals surface area contributed by atoms with Crippen LogP contribution in [0.1, 0.15) is 37.8 Å². The highest BCUT2D eigenvalue weighted by Gasteiger charge is 2.20. The van der Waals surface area contributed by atoms with E-state index >= 15 is 0 Å². The van der Waals surface area contributed by atoms with Crippen molar-refractivity contribution in [1.82, 2.24) is 10.6 Å². The molecule has 2 amide bonds. The minimum atomic E-state index is -0.116. The fraction of sp³-hybridized carbons (Fsp3) is 0.533. The summed E-state index contributed by atoms with van der Waals surface area (Å²) in [6.07, 6.45) is 3.75. The van der Waals surface area contributed by atoms with Crippen LogP contribution in [-0.2, 0) is 0 Å². The summed E-state index contributed by atoms with van der Waals surface area (Å²) in [7, 11) is 1.93. The van der Waals surface area contributed by atoms with Crippen LogP contribution in [0.3, 0.4) is 0 Å². The molecule has 0 radical (unpaired) electrons. The van der Waals surface area contributed by atoms with E-state index in [4.69, 9.17) is 0 Å². The van der Waals surface area contributed by atoms with Crippen LogP contribution in [0.25, 0.3) is 0 Å². The van der Waals surface area contributed by atoms with Crippen molar-refractivity contribution >= 4 is 11.7 Å². The van der Waals surface area contributed by atoms with Crippen molar-refractivity contribution in [3.63, 3.8) is 0 Å². The summed E-state index contributed by atoms with van der Waals surface area (Å²) in [5, 5.41) is 8.96. The van der Waals surface area contributed by atoms with E-state index in [9.17, 15) is 4.79 Å². The molecule has 1 aromatic carbocycles. The van der Waals surface area contributed by atoms with Crippen LogP contribution in [0.5, 0.6) is 0 Å². The summed E-state index contributed by atoms with van der Waals surface area (Å²) in [6.45, 7) is 2.86. The van der Waals surface area contributed by atoms with Gasteiger partial charge in [-0.2, -0.15) is 0 Å². The molecular formula is C15H23N3O. The molecule has 19 heavy (non-hydrogen) atoms. The van der Waals surface area contributed by atoms with Crippen LogP contribution in [-0.4, -0.2) is 19.6 Å². The second-order valence-electron chi connectivity index (χ2n) is 5.25.